The summed E-state index contributed by atoms with van der Waals surface area (Å²) >= 11 is 19.0. The Kier molecular flexibility index (Phi) is 26.2. The maximum absolute atomic E-state index is 11.7. The van der Waals surface area contributed by atoms with Crippen molar-refractivity contribution in [3.05, 3.63) is 153 Å². The van der Waals surface area contributed by atoms with E-state index < -0.39 is 84.6 Å². The monoisotopic (exact) mass is 1570 g/mol. The molecule has 32 nitrogen and oxygen atoms in total. The van der Waals surface area contributed by atoms with Gasteiger partial charge in [0.25, 0.3) is 22.7 Å². The largest absolute Gasteiger partial charge is 0.414 e. The average molecular weight is 1570 g/mol. The molecule has 0 aliphatic carbocycles. The molecule has 3 saturated heterocycles. The van der Waals surface area contributed by atoms with Crippen molar-refractivity contribution in [3.8, 4) is 0 Å². The number of aliphatic hydroxyl groups is 3. The van der Waals surface area contributed by atoms with Gasteiger partial charge < -0.3 is 67.3 Å². The Balaban J connectivity index is 0.000000184. The van der Waals surface area contributed by atoms with Crippen molar-refractivity contribution < 1.29 is 67.5 Å². The van der Waals surface area contributed by atoms with Crippen molar-refractivity contribution in [2.75, 3.05) is 25.6 Å². The van der Waals surface area contributed by atoms with E-state index in [9.17, 15) is 55.8 Å². The fourth-order valence-electron chi connectivity index (χ4n) is 12.8. The van der Waals surface area contributed by atoms with Crippen molar-refractivity contribution in [1.29, 1.82) is 0 Å². The molecule has 3 aliphatic rings. The molecule has 106 heavy (non-hydrogen) atoms. The predicted octanol–water partition coefficient (Wildman–Crippen LogP) is 14.6. The zero-order chi connectivity index (χ0) is 78.0. The second-order valence-corrected chi connectivity index (χ2v) is 40.9. The van der Waals surface area contributed by atoms with Crippen LogP contribution in [0.15, 0.2) is 74.0 Å². The van der Waals surface area contributed by atoms with Crippen LogP contribution in [0.5, 0.6) is 0 Å². The lowest BCUT2D eigenvalue weighted by molar-refractivity contribution is -0.397. The molecule has 37 heteroatoms. The van der Waals surface area contributed by atoms with Crippen LogP contribution in [-0.2, 0) is 51.6 Å². The quantitative estimate of drug-likeness (QED) is 0.0136. The van der Waals surface area contributed by atoms with Gasteiger partial charge in [0.15, 0.2) is 16.6 Å². The number of hydrogen-bond donors (Lipinski definition) is 4. The van der Waals surface area contributed by atoms with Gasteiger partial charge in [0.05, 0.1) is 99.4 Å². The number of ether oxygens (including phenoxy) is 5. The fourth-order valence-corrected chi connectivity index (χ4v) is 15.9. The first-order chi connectivity index (χ1) is 49.7. The Hall–Kier alpha value is -7.40. The molecule has 5 N–H and O–H groups in total. The van der Waals surface area contributed by atoms with Gasteiger partial charge in [-0.3, -0.25) is 40.5 Å². The molecule has 3 aliphatic heterocycles. The molecule has 11 rings (SSSR count). The van der Waals surface area contributed by atoms with Crippen LogP contribution in [0.3, 0.4) is 0 Å². The molecule has 576 valence electrons. The molecular weight excluding hydrogens is 1480 g/mol. The van der Waals surface area contributed by atoms with Gasteiger partial charge in [0, 0.05) is 72.7 Å². The van der Waals surface area contributed by atoms with E-state index in [4.69, 9.17) is 73.1 Å². The number of alkyl halides is 1. The van der Waals surface area contributed by atoms with E-state index in [0.29, 0.717) is 63.7 Å². The van der Waals surface area contributed by atoms with E-state index >= 15 is 0 Å². The second-order valence-electron chi connectivity index (χ2n) is 30.4. The molecule has 2 unspecified atom stereocenters. The number of rotatable bonds is 25. The van der Waals surface area contributed by atoms with Crippen molar-refractivity contribution in [3.63, 3.8) is 0 Å². The van der Waals surface area contributed by atoms with E-state index in [1.54, 1.807) is 44.7 Å². The van der Waals surface area contributed by atoms with Crippen LogP contribution in [0.4, 0.5) is 28.6 Å². The Morgan fingerprint density at radius 2 is 0.972 bits per heavy atom. The molecule has 0 radical (unpaired) electrons. The van der Waals surface area contributed by atoms with E-state index in [-0.39, 0.29) is 119 Å². The molecule has 11 atom stereocenters. The van der Waals surface area contributed by atoms with Gasteiger partial charge in [-0.1, -0.05) is 99.4 Å². The Bertz CT molecular complexity index is 4230. The summed E-state index contributed by atoms with van der Waals surface area (Å²) in [6.07, 6.45) is 5.71. The Labute approximate surface area is 629 Å². The molecule has 3 fully saturated rings. The third kappa shape index (κ3) is 17.7. The number of nitrogen functional groups attached to an aromatic ring is 1. The summed E-state index contributed by atoms with van der Waals surface area (Å²) < 4.78 is 49.6. The first kappa shape index (κ1) is 82.7. The van der Waals surface area contributed by atoms with Crippen molar-refractivity contribution in [2.24, 2.45) is 17.8 Å². The van der Waals surface area contributed by atoms with Crippen molar-refractivity contribution in [1.82, 2.24) is 43.6 Å². The lowest BCUT2D eigenvalue weighted by Gasteiger charge is -2.40. The summed E-state index contributed by atoms with van der Waals surface area (Å²) in [7, 11) is -3.96. The summed E-state index contributed by atoms with van der Waals surface area (Å²) in [6.45, 7) is 31.6. The van der Waals surface area contributed by atoms with Gasteiger partial charge >= 0.3 is 0 Å². The van der Waals surface area contributed by atoms with Gasteiger partial charge in [0.2, 0.25) is 0 Å². The molecule has 0 saturated carbocycles. The highest BCUT2D eigenvalue weighted by atomic mass is 35.5. The third-order valence-corrected chi connectivity index (χ3v) is 30.4. The maximum Gasteiger partial charge on any atom is 0.282 e. The van der Waals surface area contributed by atoms with E-state index in [1.165, 1.54) is 55.4 Å². The highest BCUT2D eigenvalue weighted by Crippen LogP contribution is 2.47. The number of aliphatic hydroxyl groups excluding tert-OH is 3. The highest BCUT2D eigenvalue weighted by Gasteiger charge is 2.48. The van der Waals surface area contributed by atoms with Crippen molar-refractivity contribution >= 4 is 113 Å². The average Bonchev–Trinajstić information content (AvgIpc) is 1.63. The van der Waals surface area contributed by atoms with Crippen LogP contribution in [0, 0.1) is 58.2 Å². The van der Waals surface area contributed by atoms with Crippen LogP contribution in [-0.4, -0.2) is 146 Å². The summed E-state index contributed by atoms with van der Waals surface area (Å²) in [5.41, 5.74) is 8.03. The number of benzene rings is 2. The molecule has 9 heterocycles. The SMILES string of the molecule is CC(C)(C)[Si](C)(C)OC[C@H]1O[C@@H](n2cc(CCl)c3c(Cl)ncnc32)C[C@H]1O[Si](C)(C)C(C)(C)C.CC(C)C(OCc1cn([C@H]2C[C@@H](C)[C@@H](CO)O2)c2ncnc(Cl)c12)c1c([N+](=O)[O-])cccc1[N+](=O)[O-].CC(C)C(OCc1cn([C@H]2C[C@@H](O)[C@@H](CO)O2)c2ncnc(N)c12)c1c([N+](=O)[O-])cccc1[N+](=O)[O-]. The first-order valence-corrected chi connectivity index (χ1v) is 41.8. The number of hydrogen-bond acceptors (Lipinski definition) is 25. The van der Waals surface area contributed by atoms with Gasteiger partial charge in [-0.15, -0.1) is 11.6 Å². The normalized spacial score (nSPS) is 21.4. The smallest absolute Gasteiger partial charge is 0.282 e. The second kappa shape index (κ2) is 33.6. The number of nitro benzene ring substituents is 4. The number of nitrogens with two attached hydrogens (primary N) is 1. The van der Waals surface area contributed by atoms with Crippen LogP contribution < -0.4 is 5.73 Å². The lowest BCUT2D eigenvalue weighted by atomic mass is 9.95. The van der Waals surface area contributed by atoms with Crippen LogP contribution in [0.2, 0.25) is 46.6 Å². The molecular formula is C69H93Cl3N14O18Si2. The van der Waals surface area contributed by atoms with Gasteiger partial charge in [-0.05, 0) is 78.1 Å². The minimum atomic E-state index is -2.02. The molecule has 0 spiro atoms. The number of aromatic nitrogens is 9. The highest BCUT2D eigenvalue weighted by molar-refractivity contribution is 6.74. The topological polar surface area (TPSA) is 416 Å². The van der Waals surface area contributed by atoms with Crippen molar-refractivity contribution in [2.45, 2.75) is 212 Å². The molecule has 8 aromatic rings. The zero-order valence-corrected chi connectivity index (χ0v) is 66.1. The number of anilines is 1. The van der Waals surface area contributed by atoms with E-state index in [0.717, 1.165) is 16.6 Å². The number of fused-ring (bicyclic) bond motifs is 3. The summed E-state index contributed by atoms with van der Waals surface area (Å²) in [4.78, 5) is 69.6. The number of nitrogens with zero attached hydrogens (tertiary/aromatic N) is 13. The fraction of sp³-hybridized carbons (Fsp3) is 0.565. The van der Waals surface area contributed by atoms with Gasteiger partial charge in [-0.2, -0.15) is 0 Å². The molecule has 6 aromatic heterocycles. The molecule has 2 aromatic carbocycles. The zero-order valence-electron chi connectivity index (χ0n) is 61.8. The minimum Gasteiger partial charge on any atom is -0.414 e. The summed E-state index contributed by atoms with van der Waals surface area (Å²) in [5.74, 6) is -0.0728. The Morgan fingerprint density at radius 1 is 0.585 bits per heavy atom. The summed E-state index contributed by atoms with van der Waals surface area (Å²) in [6, 6.07) is 7.42. The molecule has 0 bridgehead atoms. The van der Waals surface area contributed by atoms with Gasteiger partial charge in [-0.25, -0.2) is 29.9 Å². The minimum absolute atomic E-state index is 0.0612. The van der Waals surface area contributed by atoms with E-state index in [1.807, 2.05) is 22.3 Å². The lowest BCUT2D eigenvalue weighted by Crippen LogP contribution is -2.48. The first-order valence-electron chi connectivity index (χ1n) is 34.7. The Morgan fingerprint density at radius 3 is 1.38 bits per heavy atom. The van der Waals surface area contributed by atoms with Crippen LogP contribution >= 0.6 is 34.8 Å². The maximum atomic E-state index is 11.7. The third-order valence-electron chi connectivity index (χ3n) is 20.6. The molecule has 0 amide bonds. The summed E-state index contributed by atoms with van der Waals surface area (Å²) in [5, 5.41) is 78.6. The number of nitro groups is 4. The number of halogens is 3. The van der Waals surface area contributed by atoms with Crippen LogP contribution in [0.1, 0.15) is 154 Å². The predicted molar refractivity (Wildman–Crippen MR) is 401 cm³/mol. The van der Waals surface area contributed by atoms with E-state index in [2.05, 4.69) is 97.6 Å². The standard InChI is InChI=1S/C24H41Cl2N3O3Si2.C23H26ClN5O7.C22H26N6O8/c1-23(2,3)33(7,8)30-14-18-17(32-34(9,10)24(4,5)6)11-19(31-18)29-13-16(12-25)20-21(26)27-15-28-22(20)29;1-12(2)21(20-15(28(31)32)5-4-6-16(20)29(33)34)35-10-14-8-27(18-7-13(3)17(9-30)36-18)23-19(14)22(24)25-11-26-23;1-11(2)20(19-13(27(31)32)4-3-5-14(19)28(33)34)35-9-12-7-26(17-6-15(30)16(8-29)36-17)22-18(12)21(23)24-10-25-22/h13,15,17-19H,11-12,14H2,1-10H3;4-6,8,11-13,17-18,21,30H,7,9-10H2,1-3H3;3-5,7,10-11,15-17,20,29-30H,6,8-9H2,1-2H3,(H2,23,24,25)/t17-,18-,19-;13-,17-,18-,21?;15-,16-,17-,20?/m111/s1. The van der Waals surface area contributed by atoms with Crippen LogP contribution in [0.25, 0.3) is 33.1 Å². The van der Waals surface area contributed by atoms with Gasteiger partial charge in [0.1, 0.15) is 94.1 Å².